The number of anilines is 1. The van der Waals surface area contributed by atoms with E-state index in [1.54, 1.807) is 22.9 Å². The van der Waals surface area contributed by atoms with E-state index in [9.17, 15) is 23.2 Å². The first-order valence-electron chi connectivity index (χ1n) is 12.5. The number of hydrogen-bond donors (Lipinski definition) is 2. The molecule has 11 heteroatoms. The van der Waals surface area contributed by atoms with Gasteiger partial charge < -0.3 is 15.0 Å². The lowest BCUT2D eigenvalue weighted by Crippen LogP contribution is -2.37. The molecule has 0 saturated heterocycles. The fourth-order valence-corrected chi connectivity index (χ4v) is 4.53. The second-order valence-electron chi connectivity index (χ2n) is 9.36. The Bertz CT molecular complexity index is 1600. The molecule has 0 fully saturated rings. The monoisotopic (exact) mass is 545 g/mol. The van der Waals surface area contributed by atoms with Gasteiger partial charge in [0.2, 0.25) is 0 Å². The lowest BCUT2D eigenvalue weighted by molar-refractivity contribution is 0.0967. The summed E-state index contributed by atoms with van der Waals surface area (Å²) < 4.78 is 36.3. The fraction of sp³-hybridized carbons (Fsp3) is 0.172. The molecule has 0 radical (unpaired) electrons. The molecule has 0 bridgehead atoms. The summed E-state index contributed by atoms with van der Waals surface area (Å²) in [7, 11) is 0. The van der Waals surface area contributed by atoms with Gasteiger partial charge in [0.15, 0.2) is 17.4 Å². The molecule has 5 rings (SSSR count). The average Bonchev–Trinajstić information content (AvgIpc) is 3.34. The second kappa shape index (κ2) is 11.0. The van der Waals surface area contributed by atoms with Crippen molar-refractivity contribution in [1.29, 1.82) is 0 Å². The number of fused-ring (bicyclic) bond motifs is 1. The number of nitrogens with zero attached hydrogens (tertiary/aromatic N) is 3. The standard InChI is InChI=1S/C29H25F2N5O4/c1-17-7-6-8-18(2)26(17)36-16-20-15-35(12-11-23(20)34-36)29(39)40-25-14-21(30)24(13-22(25)31)32-28(38)33-27(37)19-9-4-3-5-10-19/h3-10,13-14,16H,11-12,15H2,1-2H3,(H2,32,33,37,38). The van der Waals surface area contributed by atoms with Gasteiger partial charge in [0.05, 0.1) is 23.6 Å². The largest absolute Gasteiger partial charge is 0.415 e. The Morgan fingerprint density at radius 2 is 1.68 bits per heavy atom. The molecule has 4 aromatic rings. The number of imide groups is 1. The van der Waals surface area contributed by atoms with Gasteiger partial charge in [0.25, 0.3) is 5.91 Å². The number of ether oxygens (including phenoxy) is 1. The Labute approximate surface area is 228 Å². The first kappa shape index (κ1) is 26.5. The average molecular weight is 546 g/mol. The smallest absolute Gasteiger partial charge is 0.407 e. The zero-order valence-electron chi connectivity index (χ0n) is 21.7. The van der Waals surface area contributed by atoms with E-state index in [1.807, 2.05) is 43.6 Å². The van der Waals surface area contributed by atoms with Crippen LogP contribution >= 0.6 is 0 Å². The van der Waals surface area contributed by atoms with E-state index in [4.69, 9.17) is 4.74 Å². The number of carbonyl (C=O) groups is 3. The van der Waals surface area contributed by atoms with Gasteiger partial charge in [-0.1, -0.05) is 36.4 Å². The molecule has 204 valence electrons. The Morgan fingerprint density at radius 3 is 2.40 bits per heavy atom. The number of amides is 4. The van der Waals surface area contributed by atoms with Crippen LogP contribution in [0.3, 0.4) is 0 Å². The van der Waals surface area contributed by atoms with Crippen molar-refractivity contribution in [1.82, 2.24) is 20.0 Å². The molecular formula is C29H25F2N5O4. The van der Waals surface area contributed by atoms with Gasteiger partial charge in [-0.15, -0.1) is 0 Å². The highest BCUT2D eigenvalue weighted by atomic mass is 19.1. The SMILES string of the molecule is Cc1cccc(C)c1-n1cc2c(n1)CCN(C(=O)Oc1cc(F)c(NC(=O)NC(=O)c3ccccc3)cc1F)C2. The van der Waals surface area contributed by atoms with Crippen molar-refractivity contribution in [2.45, 2.75) is 26.8 Å². The Morgan fingerprint density at radius 1 is 0.950 bits per heavy atom. The maximum absolute atomic E-state index is 14.7. The number of hydrogen-bond acceptors (Lipinski definition) is 5. The van der Waals surface area contributed by atoms with Crippen LogP contribution in [-0.2, 0) is 13.0 Å². The van der Waals surface area contributed by atoms with E-state index >= 15 is 0 Å². The van der Waals surface area contributed by atoms with Crippen molar-refractivity contribution < 1.29 is 27.9 Å². The summed E-state index contributed by atoms with van der Waals surface area (Å²) in [5.74, 6) is -3.47. The molecule has 1 aliphatic rings. The molecule has 3 aromatic carbocycles. The summed E-state index contributed by atoms with van der Waals surface area (Å²) >= 11 is 0. The third-order valence-electron chi connectivity index (χ3n) is 6.51. The lowest BCUT2D eigenvalue weighted by atomic mass is 10.1. The highest BCUT2D eigenvalue weighted by Crippen LogP contribution is 2.27. The number of aromatic nitrogens is 2. The second-order valence-corrected chi connectivity index (χ2v) is 9.36. The minimum absolute atomic E-state index is 0.193. The van der Waals surface area contributed by atoms with Gasteiger partial charge in [-0.25, -0.2) is 23.1 Å². The number of aryl methyl sites for hydroxylation is 2. The number of carbonyl (C=O) groups excluding carboxylic acids is 3. The molecule has 2 N–H and O–H groups in total. The van der Waals surface area contributed by atoms with Gasteiger partial charge in [-0.05, 0) is 37.1 Å². The van der Waals surface area contributed by atoms with Crippen molar-refractivity contribution in [2.75, 3.05) is 11.9 Å². The van der Waals surface area contributed by atoms with Crippen molar-refractivity contribution in [3.8, 4) is 11.4 Å². The molecule has 1 aromatic heterocycles. The summed E-state index contributed by atoms with van der Waals surface area (Å²) in [6, 6.07) is 14.2. The van der Waals surface area contributed by atoms with Gasteiger partial charge in [-0.2, -0.15) is 5.10 Å². The van der Waals surface area contributed by atoms with Crippen LogP contribution in [0.1, 0.15) is 32.7 Å². The Hall–Kier alpha value is -5.06. The molecule has 40 heavy (non-hydrogen) atoms. The van der Waals surface area contributed by atoms with Crippen LogP contribution in [0.25, 0.3) is 5.69 Å². The van der Waals surface area contributed by atoms with Crippen molar-refractivity contribution in [2.24, 2.45) is 0 Å². The molecule has 4 amide bonds. The third-order valence-corrected chi connectivity index (χ3v) is 6.51. The molecule has 9 nitrogen and oxygen atoms in total. The van der Waals surface area contributed by atoms with E-state index in [1.165, 1.54) is 17.0 Å². The highest BCUT2D eigenvalue weighted by molar-refractivity contribution is 6.08. The molecule has 0 atom stereocenters. The van der Waals surface area contributed by atoms with Crippen molar-refractivity contribution in [3.63, 3.8) is 0 Å². The van der Waals surface area contributed by atoms with Crippen LogP contribution in [-0.4, -0.2) is 39.3 Å². The maximum Gasteiger partial charge on any atom is 0.415 e. The van der Waals surface area contributed by atoms with Crippen LogP contribution in [0.4, 0.5) is 24.1 Å². The Kier molecular flexibility index (Phi) is 7.28. The summed E-state index contributed by atoms with van der Waals surface area (Å²) in [5, 5.41) is 8.80. The van der Waals surface area contributed by atoms with E-state index in [2.05, 4.69) is 10.4 Å². The van der Waals surface area contributed by atoms with Gasteiger partial charge in [0, 0.05) is 42.4 Å². The molecule has 0 saturated carbocycles. The van der Waals surface area contributed by atoms with Crippen molar-refractivity contribution >= 4 is 23.7 Å². The highest BCUT2D eigenvalue weighted by Gasteiger charge is 2.27. The normalized spacial score (nSPS) is 12.4. The number of benzene rings is 3. The predicted molar refractivity (Wildman–Crippen MR) is 142 cm³/mol. The van der Waals surface area contributed by atoms with Gasteiger partial charge in [0.1, 0.15) is 0 Å². The summed E-state index contributed by atoms with van der Waals surface area (Å²) in [4.78, 5) is 38.4. The number of para-hydroxylation sites is 1. The van der Waals surface area contributed by atoms with Crippen molar-refractivity contribution in [3.05, 3.63) is 106 Å². The lowest BCUT2D eigenvalue weighted by Gasteiger charge is -2.25. The Balaban J connectivity index is 1.23. The molecule has 0 unspecified atom stereocenters. The molecule has 1 aliphatic heterocycles. The zero-order valence-corrected chi connectivity index (χ0v) is 21.7. The van der Waals surface area contributed by atoms with E-state index in [0.717, 1.165) is 28.1 Å². The molecule has 2 heterocycles. The first-order chi connectivity index (χ1) is 19.2. The topological polar surface area (TPSA) is 106 Å². The number of halogens is 2. The predicted octanol–water partition coefficient (Wildman–Crippen LogP) is 5.29. The van der Waals surface area contributed by atoms with Gasteiger partial charge >= 0.3 is 12.1 Å². The van der Waals surface area contributed by atoms with Crippen LogP contribution in [0.5, 0.6) is 5.75 Å². The molecule has 0 aliphatic carbocycles. The summed E-state index contributed by atoms with van der Waals surface area (Å²) in [6.07, 6.45) is 1.48. The number of nitrogens with one attached hydrogen (secondary N) is 2. The minimum atomic E-state index is -1.07. The first-order valence-corrected chi connectivity index (χ1v) is 12.5. The van der Waals surface area contributed by atoms with Crippen LogP contribution in [0, 0.1) is 25.5 Å². The van der Waals surface area contributed by atoms with Crippen LogP contribution < -0.4 is 15.4 Å². The molecular weight excluding hydrogens is 520 g/mol. The quantitative estimate of drug-likeness (QED) is 0.363. The summed E-state index contributed by atoms with van der Waals surface area (Å²) in [5.41, 5.74) is 4.46. The zero-order chi connectivity index (χ0) is 28.4. The van der Waals surface area contributed by atoms with Crippen LogP contribution in [0.15, 0.2) is 66.9 Å². The van der Waals surface area contributed by atoms with E-state index in [-0.39, 0.29) is 18.7 Å². The fourth-order valence-electron chi connectivity index (χ4n) is 4.53. The van der Waals surface area contributed by atoms with Crippen LogP contribution in [0.2, 0.25) is 0 Å². The number of rotatable bonds is 4. The third kappa shape index (κ3) is 5.53. The maximum atomic E-state index is 14.7. The minimum Gasteiger partial charge on any atom is -0.407 e. The van der Waals surface area contributed by atoms with Gasteiger partial charge in [-0.3, -0.25) is 10.1 Å². The van der Waals surface area contributed by atoms with E-state index in [0.29, 0.717) is 18.6 Å². The molecule has 0 spiro atoms. The number of urea groups is 1. The summed E-state index contributed by atoms with van der Waals surface area (Å²) in [6.45, 7) is 4.48. The van der Waals surface area contributed by atoms with E-state index < -0.39 is 41.1 Å².